The lowest BCUT2D eigenvalue weighted by Crippen LogP contribution is -2.48. The zero-order chi connectivity index (χ0) is 13.9. The van der Waals surface area contributed by atoms with Gasteiger partial charge in [0.05, 0.1) is 24.0 Å². The molecule has 2 rings (SSSR count). The molecule has 1 heterocycles. The second-order valence-corrected chi connectivity index (χ2v) is 5.96. The number of aliphatic hydroxyl groups excluding tert-OH is 1. The number of nitrogens with zero attached hydrogens (tertiary/aromatic N) is 2. The normalized spacial score (nSPS) is 17.0. The van der Waals surface area contributed by atoms with Gasteiger partial charge in [0.2, 0.25) is 0 Å². The predicted molar refractivity (Wildman–Crippen MR) is 78.4 cm³/mol. The minimum atomic E-state index is -0.272. The van der Waals surface area contributed by atoms with Crippen molar-refractivity contribution in [1.82, 2.24) is 9.78 Å². The molecule has 0 amide bonds. The van der Waals surface area contributed by atoms with Crippen LogP contribution in [0.1, 0.15) is 39.0 Å². The number of rotatable bonds is 6. The van der Waals surface area contributed by atoms with Gasteiger partial charge in [-0.2, -0.15) is 5.10 Å². The summed E-state index contributed by atoms with van der Waals surface area (Å²) in [6, 6.07) is 0. The first kappa shape index (κ1) is 14.5. The number of halogens is 1. The first-order valence-electron chi connectivity index (χ1n) is 6.76. The summed E-state index contributed by atoms with van der Waals surface area (Å²) < 4.78 is 1.98. The molecule has 0 bridgehead atoms. The monoisotopic (exact) mass is 329 g/mol. The molecule has 1 aliphatic rings. The largest absolute Gasteiger partial charge is 0.394 e. The number of aryl methyl sites for hydroxylation is 1. The van der Waals surface area contributed by atoms with Gasteiger partial charge in [0, 0.05) is 6.54 Å². The highest BCUT2D eigenvalue weighted by molar-refractivity contribution is 9.10. The summed E-state index contributed by atoms with van der Waals surface area (Å²) in [7, 11) is 0. The molecule has 2 N–H and O–H groups in total. The van der Waals surface area contributed by atoms with Gasteiger partial charge < -0.3 is 10.4 Å². The lowest BCUT2D eigenvalue weighted by atomic mass is 9.77. The van der Waals surface area contributed by atoms with Crippen molar-refractivity contribution >= 4 is 21.6 Å². The highest BCUT2D eigenvalue weighted by Gasteiger charge is 2.36. The maximum Gasteiger partial charge on any atom is 0.283 e. The molecule has 0 spiro atoms. The molecule has 0 aliphatic heterocycles. The summed E-state index contributed by atoms with van der Waals surface area (Å²) in [5.41, 5.74) is 0.282. The standard InChI is InChI=1S/C13H20BrN3O2/c1-2-3-7-17-12(19)11(14)10(8-15-17)16-13(9-18)5-4-6-13/h8,16,18H,2-7,9H2,1H3. The second kappa shape index (κ2) is 6.05. The third kappa shape index (κ3) is 3.00. The first-order chi connectivity index (χ1) is 9.12. The molecule has 0 atom stereocenters. The van der Waals surface area contributed by atoms with Gasteiger partial charge in [0.15, 0.2) is 0 Å². The van der Waals surface area contributed by atoms with Gasteiger partial charge in [-0.25, -0.2) is 4.68 Å². The van der Waals surface area contributed by atoms with E-state index in [2.05, 4.69) is 33.3 Å². The zero-order valence-electron chi connectivity index (χ0n) is 11.2. The predicted octanol–water partition coefficient (Wildman–Crippen LogP) is 2.13. The highest BCUT2D eigenvalue weighted by Crippen LogP contribution is 2.35. The molecular weight excluding hydrogens is 310 g/mol. The molecule has 0 unspecified atom stereocenters. The van der Waals surface area contributed by atoms with Crippen LogP contribution in [0.5, 0.6) is 0 Å². The fourth-order valence-electron chi connectivity index (χ4n) is 2.23. The summed E-state index contributed by atoms with van der Waals surface area (Å²) in [6.07, 6.45) is 6.58. The smallest absolute Gasteiger partial charge is 0.283 e. The number of unbranched alkanes of at least 4 members (excludes halogenated alkanes) is 1. The molecule has 1 aromatic rings. The van der Waals surface area contributed by atoms with E-state index in [1.165, 1.54) is 4.68 Å². The summed E-state index contributed by atoms with van der Waals surface area (Å²) in [4.78, 5) is 12.1. The molecule has 1 aromatic heterocycles. The van der Waals surface area contributed by atoms with Crippen LogP contribution < -0.4 is 10.9 Å². The van der Waals surface area contributed by atoms with Crippen molar-refractivity contribution in [3.63, 3.8) is 0 Å². The van der Waals surface area contributed by atoms with E-state index in [1.54, 1.807) is 6.20 Å². The summed E-state index contributed by atoms with van der Waals surface area (Å²) >= 11 is 3.34. The molecule has 1 fully saturated rings. The van der Waals surface area contributed by atoms with Crippen molar-refractivity contribution in [3.05, 3.63) is 21.0 Å². The first-order valence-corrected chi connectivity index (χ1v) is 7.56. The van der Waals surface area contributed by atoms with Crippen LogP contribution in [-0.4, -0.2) is 27.0 Å². The van der Waals surface area contributed by atoms with Crippen molar-refractivity contribution in [2.75, 3.05) is 11.9 Å². The Hall–Kier alpha value is -0.880. The Labute approximate surface area is 121 Å². The summed E-state index contributed by atoms with van der Waals surface area (Å²) in [5, 5.41) is 16.9. The van der Waals surface area contributed by atoms with Crippen LogP contribution >= 0.6 is 15.9 Å². The van der Waals surface area contributed by atoms with Crippen molar-refractivity contribution in [2.24, 2.45) is 0 Å². The van der Waals surface area contributed by atoms with Crippen molar-refractivity contribution in [3.8, 4) is 0 Å². The second-order valence-electron chi connectivity index (χ2n) is 5.17. The Bertz CT molecular complexity index is 492. The lowest BCUT2D eigenvalue weighted by molar-refractivity contribution is 0.144. The van der Waals surface area contributed by atoms with Crippen LogP contribution in [0, 0.1) is 0 Å². The van der Waals surface area contributed by atoms with Crippen LogP contribution in [0.2, 0.25) is 0 Å². The molecule has 106 valence electrons. The van der Waals surface area contributed by atoms with Gasteiger partial charge in [-0.1, -0.05) is 13.3 Å². The number of aliphatic hydroxyl groups is 1. The van der Waals surface area contributed by atoms with Gasteiger partial charge in [0.25, 0.3) is 5.56 Å². The van der Waals surface area contributed by atoms with Gasteiger partial charge in [-0.05, 0) is 41.6 Å². The molecule has 6 heteroatoms. The van der Waals surface area contributed by atoms with Crippen molar-refractivity contribution < 1.29 is 5.11 Å². The molecule has 19 heavy (non-hydrogen) atoms. The van der Waals surface area contributed by atoms with E-state index in [1.807, 2.05) is 0 Å². The average Bonchev–Trinajstić information content (AvgIpc) is 2.38. The van der Waals surface area contributed by atoms with E-state index in [0.29, 0.717) is 16.7 Å². The highest BCUT2D eigenvalue weighted by atomic mass is 79.9. The number of hydrogen-bond donors (Lipinski definition) is 2. The third-order valence-corrected chi connectivity index (χ3v) is 4.49. The van der Waals surface area contributed by atoms with E-state index in [-0.39, 0.29) is 17.7 Å². The maximum atomic E-state index is 12.1. The maximum absolute atomic E-state index is 12.1. The molecule has 1 saturated carbocycles. The fourth-order valence-corrected chi connectivity index (χ4v) is 2.64. The molecule has 0 radical (unpaired) electrons. The van der Waals surface area contributed by atoms with Crippen LogP contribution in [0.15, 0.2) is 15.5 Å². The topological polar surface area (TPSA) is 67.2 Å². The summed E-state index contributed by atoms with van der Waals surface area (Å²) in [5.74, 6) is 0. The Morgan fingerprint density at radius 1 is 1.58 bits per heavy atom. The van der Waals surface area contributed by atoms with E-state index < -0.39 is 0 Å². The van der Waals surface area contributed by atoms with Gasteiger partial charge in [-0.15, -0.1) is 0 Å². The van der Waals surface area contributed by atoms with Crippen LogP contribution in [-0.2, 0) is 6.54 Å². The Morgan fingerprint density at radius 2 is 2.32 bits per heavy atom. The number of aromatic nitrogens is 2. The average molecular weight is 330 g/mol. The molecule has 0 saturated heterocycles. The molecular formula is C13H20BrN3O2. The third-order valence-electron chi connectivity index (χ3n) is 3.72. The van der Waals surface area contributed by atoms with Gasteiger partial charge in [0.1, 0.15) is 4.47 Å². The van der Waals surface area contributed by atoms with Crippen molar-refractivity contribution in [1.29, 1.82) is 0 Å². The number of hydrogen-bond acceptors (Lipinski definition) is 4. The SMILES string of the molecule is CCCCn1ncc(NC2(CO)CCC2)c(Br)c1=O. The van der Waals surface area contributed by atoms with E-state index >= 15 is 0 Å². The van der Waals surface area contributed by atoms with Gasteiger partial charge >= 0.3 is 0 Å². The zero-order valence-corrected chi connectivity index (χ0v) is 12.7. The van der Waals surface area contributed by atoms with E-state index in [9.17, 15) is 9.90 Å². The Morgan fingerprint density at radius 3 is 2.84 bits per heavy atom. The molecule has 1 aliphatic carbocycles. The minimum absolute atomic E-state index is 0.0817. The Kier molecular flexibility index (Phi) is 4.62. The molecule has 0 aromatic carbocycles. The van der Waals surface area contributed by atoms with Gasteiger partial charge in [-0.3, -0.25) is 4.79 Å². The number of nitrogens with one attached hydrogen (secondary N) is 1. The van der Waals surface area contributed by atoms with E-state index in [0.717, 1.165) is 32.1 Å². The Balaban J connectivity index is 2.19. The van der Waals surface area contributed by atoms with Crippen LogP contribution in [0.3, 0.4) is 0 Å². The lowest BCUT2D eigenvalue weighted by Gasteiger charge is -2.41. The molecule has 5 nitrogen and oxygen atoms in total. The summed E-state index contributed by atoms with van der Waals surface area (Å²) in [6.45, 7) is 2.80. The van der Waals surface area contributed by atoms with Crippen LogP contribution in [0.4, 0.5) is 5.69 Å². The fraction of sp³-hybridized carbons (Fsp3) is 0.692. The van der Waals surface area contributed by atoms with Crippen LogP contribution in [0.25, 0.3) is 0 Å². The van der Waals surface area contributed by atoms with Crippen molar-refractivity contribution in [2.45, 2.75) is 51.1 Å². The minimum Gasteiger partial charge on any atom is -0.394 e. The quantitative estimate of drug-likeness (QED) is 0.839. The van der Waals surface area contributed by atoms with E-state index in [4.69, 9.17) is 0 Å². The number of anilines is 1.